The van der Waals surface area contributed by atoms with Crippen molar-refractivity contribution in [2.45, 2.75) is 25.9 Å². The van der Waals surface area contributed by atoms with Crippen molar-refractivity contribution in [1.82, 2.24) is 9.97 Å². The average molecular weight is 313 g/mol. The summed E-state index contributed by atoms with van der Waals surface area (Å²) in [6.45, 7) is 8.66. The molecule has 0 aliphatic carbocycles. The van der Waals surface area contributed by atoms with Gasteiger partial charge in [0.15, 0.2) is 5.82 Å². The van der Waals surface area contributed by atoms with Crippen molar-refractivity contribution in [3.05, 3.63) is 11.2 Å². The van der Waals surface area contributed by atoms with E-state index in [4.69, 9.17) is 26.1 Å². The summed E-state index contributed by atoms with van der Waals surface area (Å²) in [5, 5.41) is 0.591. The molecule has 0 radical (unpaired) electrons. The summed E-state index contributed by atoms with van der Waals surface area (Å²) >= 11 is 6.32. The first kappa shape index (κ1) is 14.8. The largest absolute Gasteiger partial charge is 0.377 e. The Morgan fingerprint density at radius 1 is 1.10 bits per heavy atom. The third-order valence-corrected chi connectivity index (χ3v) is 4.24. The maximum atomic E-state index is 6.32. The number of halogens is 1. The first-order valence-corrected chi connectivity index (χ1v) is 7.76. The highest BCUT2D eigenvalue weighted by Crippen LogP contribution is 2.28. The second-order valence-electron chi connectivity index (χ2n) is 5.58. The summed E-state index contributed by atoms with van der Waals surface area (Å²) in [6, 6.07) is 0.538. The van der Waals surface area contributed by atoms with Gasteiger partial charge in [-0.15, -0.1) is 0 Å². The van der Waals surface area contributed by atoms with E-state index < -0.39 is 0 Å². The Hall–Kier alpha value is -1.11. The second kappa shape index (κ2) is 6.34. The number of morpholine rings is 2. The summed E-state index contributed by atoms with van der Waals surface area (Å²) in [5.41, 5.74) is 0. The van der Waals surface area contributed by atoms with Gasteiger partial charge in [0.05, 0.1) is 44.7 Å². The molecule has 6 nitrogen and oxygen atoms in total. The van der Waals surface area contributed by atoms with Crippen molar-refractivity contribution < 1.29 is 9.47 Å². The molecule has 2 aliphatic rings. The molecule has 116 valence electrons. The van der Waals surface area contributed by atoms with Gasteiger partial charge in [0.1, 0.15) is 5.02 Å². The predicted molar refractivity (Wildman–Crippen MR) is 82.3 cm³/mol. The Balaban J connectivity index is 1.88. The van der Waals surface area contributed by atoms with Crippen molar-refractivity contribution in [3.63, 3.8) is 0 Å². The third-order valence-electron chi connectivity index (χ3n) is 3.98. The van der Waals surface area contributed by atoms with E-state index >= 15 is 0 Å². The van der Waals surface area contributed by atoms with E-state index in [1.165, 1.54) is 0 Å². The summed E-state index contributed by atoms with van der Waals surface area (Å²) in [6.07, 6.45) is 1.70. The predicted octanol–water partition coefficient (Wildman–Crippen LogP) is 1.58. The molecule has 0 aromatic carbocycles. The Morgan fingerprint density at radius 2 is 1.71 bits per heavy atom. The van der Waals surface area contributed by atoms with Crippen LogP contribution in [0.2, 0.25) is 5.02 Å². The monoisotopic (exact) mass is 312 g/mol. The number of anilines is 2. The number of aromatic nitrogens is 2. The number of nitrogens with zero attached hydrogens (tertiary/aromatic N) is 4. The number of ether oxygens (including phenoxy) is 2. The van der Waals surface area contributed by atoms with Crippen LogP contribution in [0.4, 0.5) is 11.8 Å². The van der Waals surface area contributed by atoms with Crippen LogP contribution in [0.15, 0.2) is 6.20 Å². The summed E-state index contributed by atoms with van der Waals surface area (Å²) in [5.74, 6) is 1.53. The van der Waals surface area contributed by atoms with Gasteiger partial charge < -0.3 is 19.3 Å². The molecule has 21 heavy (non-hydrogen) atoms. The van der Waals surface area contributed by atoms with E-state index in [-0.39, 0.29) is 12.1 Å². The van der Waals surface area contributed by atoms with Crippen LogP contribution in [0.25, 0.3) is 0 Å². The Morgan fingerprint density at radius 3 is 2.33 bits per heavy atom. The highest BCUT2D eigenvalue weighted by molar-refractivity contribution is 6.32. The minimum absolute atomic E-state index is 0.265. The first-order chi connectivity index (χ1) is 10.2. The van der Waals surface area contributed by atoms with Crippen LogP contribution in [0.1, 0.15) is 13.8 Å². The van der Waals surface area contributed by atoms with Crippen LogP contribution < -0.4 is 9.80 Å². The zero-order valence-electron chi connectivity index (χ0n) is 12.5. The molecule has 2 atom stereocenters. The van der Waals surface area contributed by atoms with Gasteiger partial charge in [0.25, 0.3) is 0 Å². The lowest BCUT2D eigenvalue weighted by molar-refractivity contribution is 0.0972. The SMILES string of the molecule is C[C@@H]1COCCN1c1nc(N2CCOC[C@@H]2C)ncc1Cl. The maximum Gasteiger partial charge on any atom is 0.227 e. The minimum Gasteiger partial charge on any atom is -0.377 e. The lowest BCUT2D eigenvalue weighted by Gasteiger charge is -2.36. The quantitative estimate of drug-likeness (QED) is 0.826. The van der Waals surface area contributed by atoms with Crippen LogP contribution in [0, 0.1) is 0 Å². The number of hydrogen-bond donors (Lipinski definition) is 0. The summed E-state index contributed by atoms with van der Waals surface area (Å²) in [7, 11) is 0. The van der Waals surface area contributed by atoms with Crippen molar-refractivity contribution in [1.29, 1.82) is 0 Å². The third kappa shape index (κ3) is 3.07. The van der Waals surface area contributed by atoms with E-state index in [1.807, 2.05) is 0 Å². The fraction of sp³-hybridized carbons (Fsp3) is 0.714. The molecule has 1 aromatic rings. The van der Waals surface area contributed by atoms with Gasteiger partial charge in [0, 0.05) is 13.1 Å². The van der Waals surface area contributed by atoms with Crippen LogP contribution in [0.5, 0.6) is 0 Å². The Labute approximate surface area is 130 Å². The van der Waals surface area contributed by atoms with Gasteiger partial charge in [-0.05, 0) is 13.8 Å². The Kier molecular flexibility index (Phi) is 4.47. The zero-order chi connectivity index (χ0) is 14.8. The van der Waals surface area contributed by atoms with Gasteiger partial charge >= 0.3 is 0 Å². The first-order valence-electron chi connectivity index (χ1n) is 7.38. The molecule has 0 saturated carbocycles. The van der Waals surface area contributed by atoms with Crippen LogP contribution in [-0.2, 0) is 9.47 Å². The smallest absolute Gasteiger partial charge is 0.227 e. The highest BCUT2D eigenvalue weighted by Gasteiger charge is 2.26. The molecule has 3 heterocycles. The highest BCUT2D eigenvalue weighted by atomic mass is 35.5. The molecule has 2 fully saturated rings. The van der Waals surface area contributed by atoms with E-state index in [1.54, 1.807) is 6.20 Å². The average Bonchev–Trinajstić information content (AvgIpc) is 2.49. The van der Waals surface area contributed by atoms with Crippen molar-refractivity contribution in [2.75, 3.05) is 49.3 Å². The molecule has 1 aromatic heterocycles. The van der Waals surface area contributed by atoms with E-state index in [0.29, 0.717) is 31.5 Å². The zero-order valence-corrected chi connectivity index (χ0v) is 13.2. The Bertz CT molecular complexity index is 502. The van der Waals surface area contributed by atoms with Crippen LogP contribution in [0.3, 0.4) is 0 Å². The van der Waals surface area contributed by atoms with Crippen LogP contribution in [-0.4, -0.2) is 61.6 Å². The maximum absolute atomic E-state index is 6.32. The molecule has 0 amide bonds. The van der Waals surface area contributed by atoms with Crippen molar-refractivity contribution in [2.24, 2.45) is 0 Å². The number of rotatable bonds is 2. The molecule has 0 bridgehead atoms. The molecule has 0 unspecified atom stereocenters. The second-order valence-corrected chi connectivity index (χ2v) is 5.98. The standard InChI is InChI=1S/C14H21ClN4O2/c1-10-8-20-5-3-18(10)13-12(15)7-16-14(17-13)19-4-6-21-9-11(19)2/h7,10-11H,3-6,8-9H2,1-2H3/t10-,11+/m1/s1. The topological polar surface area (TPSA) is 50.7 Å². The van der Waals surface area contributed by atoms with E-state index in [9.17, 15) is 0 Å². The normalized spacial score (nSPS) is 27.0. The molecule has 7 heteroatoms. The molecule has 0 N–H and O–H groups in total. The van der Waals surface area contributed by atoms with Crippen LogP contribution >= 0.6 is 11.6 Å². The lowest BCUT2D eigenvalue weighted by atomic mass is 10.2. The van der Waals surface area contributed by atoms with Crippen molar-refractivity contribution >= 4 is 23.4 Å². The molecular formula is C14H21ClN4O2. The van der Waals surface area contributed by atoms with Gasteiger partial charge in [0.2, 0.25) is 5.95 Å². The summed E-state index contributed by atoms with van der Waals surface area (Å²) < 4.78 is 11.0. The van der Waals surface area contributed by atoms with Gasteiger partial charge in [-0.1, -0.05) is 11.6 Å². The number of hydrogen-bond acceptors (Lipinski definition) is 6. The molecule has 2 saturated heterocycles. The summed E-state index contributed by atoms with van der Waals surface area (Å²) in [4.78, 5) is 13.5. The lowest BCUT2D eigenvalue weighted by Crippen LogP contribution is -2.46. The van der Waals surface area contributed by atoms with Gasteiger partial charge in [-0.25, -0.2) is 4.98 Å². The van der Waals surface area contributed by atoms with Gasteiger partial charge in [-0.2, -0.15) is 4.98 Å². The fourth-order valence-corrected chi connectivity index (χ4v) is 2.95. The van der Waals surface area contributed by atoms with Gasteiger partial charge in [-0.3, -0.25) is 0 Å². The molecule has 0 spiro atoms. The minimum atomic E-state index is 0.265. The molecule has 3 rings (SSSR count). The van der Waals surface area contributed by atoms with E-state index in [0.717, 1.165) is 24.9 Å². The van der Waals surface area contributed by atoms with Crippen molar-refractivity contribution in [3.8, 4) is 0 Å². The molecular weight excluding hydrogens is 292 g/mol. The van der Waals surface area contributed by atoms with E-state index in [2.05, 4.69) is 28.6 Å². The fourth-order valence-electron chi connectivity index (χ4n) is 2.75. The molecule has 2 aliphatic heterocycles.